The molecule has 23 heavy (non-hydrogen) atoms. The van der Waals surface area contributed by atoms with Crippen molar-refractivity contribution in [1.29, 1.82) is 0 Å². The molecule has 0 spiro atoms. The van der Waals surface area contributed by atoms with Crippen LogP contribution in [0.3, 0.4) is 0 Å². The van der Waals surface area contributed by atoms with Crippen molar-refractivity contribution in [3.8, 4) is 0 Å². The van der Waals surface area contributed by atoms with Crippen LogP contribution in [0.15, 0.2) is 11.2 Å². The lowest BCUT2D eigenvalue weighted by atomic mass is 10.2. The van der Waals surface area contributed by atoms with Crippen LogP contribution in [0, 0.1) is 0 Å². The Labute approximate surface area is 142 Å². The molecule has 0 N–H and O–H groups in total. The van der Waals surface area contributed by atoms with Crippen molar-refractivity contribution in [2.24, 2.45) is 0 Å². The van der Waals surface area contributed by atoms with E-state index in [4.69, 9.17) is 9.47 Å². The zero-order valence-corrected chi connectivity index (χ0v) is 15.1. The molecule has 0 bridgehead atoms. The molecule has 2 atom stereocenters. The van der Waals surface area contributed by atoms with Gasteiger partial charge in [-0.15, -0.1) is 11.8 Å². The zero-order valence-electron chi connectivity index (χ0n) is 14.2. The van der Waals surface area contributed by atoms with Crippen LogP contribution in [0.4, 0.5) is 5.95 Å². The van der Waals surface area contributed by atoms with Crippen molar-refractivity contribution in [2.75, 3.05) is 30.3 Å². The molecule has 0 aliphatic carbocycles. The van der Waals surface area contributed by atoms with Crippen LogP contribution in [0.25, 0.3) is 0 Å². The Morgan fingerprint density at radius 3 is 2.70 bits per heavy atom. The van der Waals surface area contributed by atoms with Gasteiger partial charge in [0.2, 0.25) is 5.95 Å². The number of rotatable bonds is 6. The summed E-state index contributed by atoms with van der Waals surface area (Å²) in [6, 6.07) is 0. The van der Waals surface area contributed by atoms with E-state index in [1.807, 2.05) is 13.8 Å². The normalized spacial score (nSPS) is 21.3. The summed E-state index contributed by atoms with van der Waals surface area (Å²) in [6.07, 6.45) is 2.87. The zero-order chi connectivity index (χ0) is 16.8. The highest BCUT2D eigenvalue weighted by Crippen LogP contribution is 2.25. The Hall–Kier alpha value is -1.34. The molecule has 1 aromatic heterocycles. The van der Waals surface area contributed by atoms with E-state index in [0.29, 0.717) is 23.1 Å². The Balaban J connectivity index is 2.26. The maximum absolute atomic E-state index is 12.1. The average Bonchev–Trinajstić information content (AvgIpc) is 2.52. The van der Waals surface area contributed by atoms with Gasteiger partial charge in [-0.1, -0.05) is 6.92 Å². The van der Waals surface area contributed by atoms with Crippen LogP contribution in [0.1, 0.15) is 44.5 Å². The summed E-state index contributed by atoms with van der Waals surface area (Å²) in [5.41, 5.74) is 0.448. The monoisotopic (exact) mass is 339 g/mol. The first-order chi connectivity index (χ1) is 11.0. The minimum absolute atomic E-state index is 0.138. The van der Waals surface area contributed by atoms with Gasteiger partial charge in [0.05, 0.1) is 18.8 Å². The summed E-state index contributed by atoms with van der Waals surface area (Å²) in [7, 11) is 0. The number of esters is 1. The van der Waals surface area contributed by atoms with Gasteiger partial charge in [0, 0.05) is 19.3 Å². The number of ether oxygens (including phenoxy) is 2. The van der Waals surface area contributed by atoms with Crippen molar-refractivity contribution in [1.82, 2.24) is 9.97 Å². The Bertz CT molecular complexity index is 531. The largest absolute Gasteiger partial charge is 0.462 e. The molecule has 0 aromatic carbocycles. The van der Waals surface area contributed by atoms with E-state index in [0.717, 1.165) is 25.3 Å². The van der Waals surface area contributed by atoms with Gasteiger partial charge in [-0.3, -0.25) is 0 Å². The predicted octanol–water partition coefficient (Wildman–Crippen LogP) is 2.77. The first-order valence-electron chi connectivity index (χ1n) is 8.12. The van der Waals surface area contributed by atoms with E-state index >= 15 is 0 Å². The predicted molar refractivity (Wildman–Crippen MR) is 91.2 cm³/mol. The highest BCUT2D eigenvalue weighted by Gasteiger charge is 2.25. The highest BCUT2D eigenvalue weighted by atomic mass is 32.2. The Morgan fingerprint density at radius 2 is 2.09 bits per heavy atom. The quantitative estimate of drug-likeness (QED) is 0.448. The summed E-state index contributed by atoms with van der Waals surface area (Å²) in [5.74, 6) is 1.19. The van der Waals surface area contributed by atoms with E-state index in [1.54, 1.807) is 24.9 Å². The molecular weight excluding hydrogens is 314 g/mol. The molecule has 2 unspecified atom stereocenters. The fourth-order valence-electron chi connectivity index (χ4n) is 2.51. The standard InChI is InChI=1S/C16H25N3O3S/c1-5-7-23-14-13(15(20)21-6-2)8-17-16(18-14)19-9-11(3)22-12(4)10-19/h8,11-12H,5-7,9-10H2,1-4H3. The number of aromatic nitrogens is 2. The number of hydrogen-bond acceptors (Lipinski definition) is 7. The summed E-state index contributed by atoms with van der Waals surface area (Å²) in [5, 5.41) is 0.696. The van der Waals surface area contributed by atoms with E-state index < -0.39 is 0 Å². The first kappa shape index (κ1) is 18.0. The van der Waals surface area contributed by atoms with Crippen molar-refractivity contribution < 1.29 is 14.3 Å². The van der Waals surface area contributed by atoms with Gasteiger partial charge in [-0.2, -0.15) is 0 Å². The lowest BCUT2D eigenvalue weighted by molar-refractivity contribution is -0.00577. The Kier molecular flexibility index (Phi) is 6.65. The third-order valence-corrected chi connectivity index (χ3v) is 4.58. The van der Waals surface area contributed by atoms with Gasteiger partial charge < -0.3 is 14.4 Å². The van der Waals surface area contributed by atoms with Crippen molar-refractivity contribution >= 4 is 23.7 Å². The average molecular weight is 339 g/mol. The molecule has 1 fully saturated rings. The SMILES string of the molecule is CCCSc1nc(N2CC(C)OC(C)C2)ncc1C(=O)OCC. The molecule has 7 heteroatoms. The molecule has 0 radical (unpaired) electrons. The van der Waals surface area contributed by atoms with E-state index in [-0.39, 0.29) is 18.2 Å². The van der Waals surface area contributed by atoms with Gasteiger partial charge in [0.1, 0.15) is 10.6 Å². The number of thioether (sulfide) groups is 1. The lowest BCUT2D eigenvalue weighted by Gasteiger charge is -2.35. The number of nitrogens with zero attached hydrogens (tertiary/aromatic N) is 3. The number of carbonyl (C=O) groups is 1. The maximum Gasteiger partial charge on any atom is 0.342 e. The minimum atomic E-state index is -0.360. The molecule has 6 nitrogen and oxygen atoms in total. The van der Waals surface area contributed by atoms with Crippen LogP contribution in [-0.2, 0) is 9.47 Å². The summed E-state index contributed by atoms with van der Waals surface area (Å²) in [4.78, 5) is 23.2. The van der Waals surface area contributed by atoms with Gasteiger partial charge in [0.15, 0.2) is 0 Å². The van der Waals surface area contributed by atoms with E-state index in [2.05, 4.69) is 21.8 Å². The fourth-order valence-corrected chi connectivity index (χ4v) is 3.34. The van der Waals surface area contributed by atoms with E-state index in [1.165, 1.54) is 0 Å². The first-order valence-corrected chi connectivity index (χ1v) is 9.11. The maximum atomic E-state index is 12.1. The van der Waals surface area contributed by atoms with Crippen LogP contribution in [-0.4, -0.2) is 53.6 Å². The summed E-state index contributed by atoms with van der Waals surface area (Å²) < 4.78 is 10.9. The second-order valence-electron chi connectivity index (χ2n) is 5.62. The van der Waals surface area contributed by atoms with Crippen LogP contribution < -0.4 is 4.90 Å². The summed E-state index contributed by atoms with van der Waals surface area (Å²) in [6.45, 7) is 9.83. The second kappa shape index (κ2) is 8.49. The molecule has 2 heterocycles. The molecule has 2 rings (SSSR count). The van der Waals surface area contributed by atoms with Crippen molar-refractivity contribution in [3.63, 3.8) is 0 Å². The summed E-state index contributed by atoms with van der Waals surface area (Å²) >= 11 is 1.57. The number of hydrogen-bond donors (Lipinski definition) is 0. The molecule has 128 valence electrons. The van der Waals surface area contributed by atoms with Crippen molar-refractivity contribution in [2.45, 2.75) is 51.3 Å². The van der Waals surface area contributed by atoms with Gasteiger partial charge in [0.25, 0.3) is 0 Å². The minimum Gasteiger partial charge on any atom is -0.462 e. The van der Waals surface area contributed by atoms with Crippen LogP contribution in [0.5, 0.6) is 0 Å². The highest BCUT2D eigenvalue weighted by molar-refractivity contribution is 7.99. The molecule has 0 saturated carbocycles. The Morgan fingerprint density at radius 1 is 1.39 bits per heavy atom. The topological polar surface area (TPSA) is 64.5 Å². The molecular formula is C16H25N3O3S. The van der Waals surface area contributed by atoms with Gasteiger partial charge >= 0.3 is 5.97 Å². The van der Waals surface area contributed by atoms with Crippen molar-refractivity contribution in [3.05, 3.63) is 11.8 Å². The number of carbonyl (C=O) groups excluding carboxylic acids is 1. The molecule has 1 saturated heterocycles. The second-order valence-corrected chi connectivity index (χ2v) is 6.70. The number of anilines is 1. The smallest absolute Gasteiger partial charge is 0.342 e. The molecule has 1 aliphatic rings. The third kappa shape index (κ3) is 4.81. The lowest BCUT2D eigenvalue weighted by Crippen LogP contribution is -2.46. The van der Waals surface area contributed by atoms with Gasteiger partial charge in [-0.25, -0.2) is 14.8 Å². The van der Waals surface area contributed by atoms with E-state index in [9.17, 15) is 4.79 Å². The molecule has 1 aliphatic heterocycles. The third-order valence-electron chi connectivity index (χ3n) is 3.38. The molecule has 0 amide bonds. The van der Waals surface area contributed by atoms with Crippen LogP contribution in [0.2, 0.25) is 0 Å². The fraction of sp³-hybridized carbons (Fsp3) is 0.688. The number of morpholine rings is 1. The molecule has 1 aromatic rings. The van der Waals surface area contributed by atoms with Crippen LogP contribution >= 0.6 is 11.8 Å². The van der Waals surface area contributed by atoms with Gasteiger partial charge in [-0.05, 0) is 32.9 Å².